The average Bonchev–Trinajstić information content (AvgIpc) is 3.38. The summed E-state index contributed by atoms with van der Waals surface area (Å²) in [6.45, 7) is 0.167. The van der Waals surface area contributed by atoms with E-state index in [0.717, 1.165) is 36.8 Å². The van der Waals surface area contributed by atoms with Crippen LogP contribution in [-0.4, -0.2) is 28.8 Å². The number of rotatable bonds is 9. The maximum Gasteiger partial charge on any atom is 0.243 e. The van der Waals surface area contributed by atoms with E-state index >= 15 is 0 Å². The Labute approximate surface area is 221 Å². The van der Waals surface area contributed by atoms with Gasteiger partial charge in [-0.2, -0.15) is 0 Å². The lowest BCUT2D eigenvalue weighted by Gasteiger charge is -2.32. The van der Waals surface area contributed by atoms with Gasteiger partial charge in [-0.15, -0.1) is 0 Å². The molecule has 7 heteroatoms. The lowest BCUT2D eigenvalue weighted by atomic mass is 10.0. The van der Waals surface area contributed by atoms with Gasteiger partial charge in [0.2, 0.25) is 11.8 Å². The first kappa shape index (κ1) is 26.2. The van der Waals surface area contributed by atoms with E-state index < -0.39 is 6.04 Å². The number of benzene rings is 3. The highest BCUT2D eigenvalue weighted by atomic mass is 35.5. The number of hydrogen-bond donors (Lipinski definition) is 1. The molecule has 0 unspecified atom stereocenters. The van der Waals surface area contributed by atoms with Crippen LogP contribution in [0, 0.1) is 5.82 Å². The molecule has 0 spiro atoms. The Balaban J connectivity index is 1.66. The molecular weight excluding hydrogens is 498 g/mol. The van der Waals surface area contributed by atoms with Crippen LogP contribution in [0.3, 0.4) is 0 Å². The van der Waals surface area contributed by atoms with Crippen LogP contribution in [0.2, 0.25) is 10.0 Å². The van der Waals surface area contributed by atoms with Crippen LogP contribution in [0.4, 0.5) is 4.39 Å². The van der Waals surface area contributed by atoms with Crippen LogP contribution in [0.1, 0.15) is 42.4 Å². The van der Waals surface area contributed by atoms with Crippen molar-refractivity contribution in [2.24, 2.45) is 0 Å². The maximum atomic E-state index is 13.8. The van der Waals surface area contributed by atoms with Gasteiger partial charge in [0.15, 0.2) is 0 Å². The van der Waals surface area contributed by atoms with E-state index in [9.17, 15) is 14.0 Å². The highest BCUT2D eigenvalue weighted by Gasteiger charge is 2.32. The minimum atomic E-state index is -0.739. The summed E-state index contributed by atoms with van der Waals surface area (Å²) in [6, 6.07) is 20.0. The molecule has 4 rings (SSSR count). The van der Waals surface area contributed by atoms with E-state index in [4.69, 9.17) is 23.2 Å². The van der Waals surface area contributed by atoms with Crippen molar-refractivity contribution in [3.63, 3.8) is 0 Å². The summed E-state index contributed by atoms with van der Waals surface area (Å²) in [4.78, 5) is 29.0. The molecule has 1 atom stereocenters. The molecule has 1 fully saturated rings. The molecule has 1 aliphatic rings. The third-order valence-electron chi connectivity index (χ3n) is 6.60. The maximum absolute atomic E-state index is 13.8. The molecule has 188 valence electrons. The van der Waals surface area contributed by atoms with Gasteiger partial charge in [0, 0.05) is 29.1 Å². The van der Waals surface area contributed by atoms with E-state index in [1.54, 1.807) is 35.2 Å². The molecule has 0 saturated heterocycles. The predicted molar refractivity (Wildman–Crippen MR) is 141 cm³/mol. The van der Waals surface area contributed by atoms with Gasteiger partial charge < -0.3 is 10.2 Å². The van der Waals surface area contributed by atoms with Crippen molar-refractivity contribution in [1.82, 2.24) is 10.2 Å². The van der Waals surface area contributed by atoms with Crippen molar-refractivity contribution in [2.45, 2.75) is 57.2 Å². The molecule has 0 radical (unpaired) electrons. The quantitative estimate of drug-likeness (QED) is 0.352. The Hall–Kier alpha value is -2.89. The van der Waals surface area contributed by atoms with Gasteiger partial charge in [-0.1, -0.05) is 84.6 Å². The molecule has 2 amide bonds. The molecule has 0 aromatic heterocycles. The van der Waals surface area contributed by atoms with Crippen LogP contribution >= 0.6 is 23.2 Å². The highest BCUT2D eigenvalue weighted by Crippen LogP contribution is 2.24. The zero-order valence-electron chi connectivity index (χ0n) is 19.9. The lowest BCUT2D eigenvalue weighted by molar-refractivity contribution is -0.141. The van der Waals surface area contributed by atoms with Crippen LogP contribution in [0.5, 0.6) is 0 Å². The fourth-order valence-electron chi connectivity index (χ4n) is 4.64. The number of carbonyl (C=O) groups is 2. The van der Waals surface area contributed by atoms with E-state index in [2.05, 4.69) is 5.32 Å². The van der Waals surface area contributed by atoms with E-state index in [1.165, 1.54) is 12.1 Å². The summed E-state index contributed by atoms with van der Waals surface area (Å²) < 4.78 is 13.6. The van der Waals surface area contributed by atoms with Crippen LogP contribution < -0.4 is 5.32 Å². The van der Waals surface area contributed by atoms with Gasteiger partial charge >= 0.3 is 0 Å². The molecule has 3 aromatic carbocycles. The summed E-state index contributed by atoms with van der Waals surface area (Å²) in [5, 5.41) is 4.06. The monoisotopic (exact) mass is 526 g/mol. The first-order chi connectivity index (χ1) is 17.4. The van der Waals surface area contributed by atoms with Crippen molar-refractivity contribution >= 4 is 35.0 Å². The van der Waals surface area contributed by atoms with Crippen molar-refractivity contribution < 1.29 is 14.0 Å². The minimum Gasteiger partial charge on any atom is -0.352 e. The minimum absolute atomic E-state index is 0.0131. The van der Waals surface area contributed by atoms with Gasteiger partial charge in [0.05, 0.1) is 6.42 Å². The van der Waals surface area contributed by atoms with E-state index in [-0.39, 0.29) is 36.6 Å². The number of nitrogens with one attached hydrogen (secondary N) is 1. The second-order valence-electron chi connectivity index (χ2n) is 9.26. The Morgan fingerprint density at radius 3 is 2.31 bits per heavy atom. The summed E-state index contributed by atoms with van der Waals surface area (Å²) in [5.41, 5.74) is 2.31. The van der Waals surface area contributed by atoms with E-state index in [1.807, 2.05) is 30.3 Å². The third kappa shape index (κ3) is 7.08. The molecule has 0 aliphatic heterocycles. The molecular formula is C29H29Cl2FN2O2. The standard InChI is InChI=1S/C29H29Cl2FN2O2/c30-23-13-12-22(26(31)18-23)17-28(35)34(19-21-10-14-24(32)15-11-21)27(16-20-6-2-1-3-7-20)29(36)33-25-8-4-5-9-25/h1-3,6-7,10-15,18,25,27H,4-5,8-9,16-17,19H2,(H,33,36)/t27-/m0/s1. The van der Waals surface area contributed by atoms with Crippen molar-refractivity contribution in [1.29, 1.82) is 0 Å². The normalized spacial score (nSPS) is 14.4. The summed E-state index contributed by atoms with van der Waals surface area (Å²) in [5.74, 6) is -0.779. The average molecular weight is 527 g/mol. The van der Waals surface area contributed by atoms with Gasteiger partial charge in [-0.05, 0) is 53.8 Å². The summed E-state index contributed by atoms with van der Waals surface area (Å²) >= 11 is 12.4. The van der Waals surface area contributed by atoms with Crippen LogP contribution in [-0.2, 0) is 29.0 Å². The zero-order valence-corrected chi connectivity index (χ0v) is 21.4. The summed E-state index contributed by atoms with van der Waals surface area (Å²) in [6.07, 6.45) is 4.43. The molecule has 1 saturated carbocycles. The first-order valence-corrected chi connectivity index (χ1v) is 13.0. The highest BCUT2D eigenvalue weighted by molar-refractivity contribution is 6.35. The number of carbonyl (C=O) groups excluding carboxylic acids is 2. The second-order valence-corrected chi connectivity index (χ2v) is 10.1. The van der Waals surface area contributed by atoms with Gasteiger partial charge in [0.1, 0.15) is 11.9 Å². The Kier molecular flexibility index (Phi) is 9.00. The number of hydrogen-bond acceptors (Lipinski definition) is 2. The summed E-state index contributed by atoms with van der Waals surface area (Å²) in [7, 11) is 0. The first-order valence-electron chi connectivity index (χ1n) is 12.2. The predicted octanol–water partition coefficient (Wildman–Crippen LogP) is 6.37. The Bertz CT molecular complexity index is 1180. The molecule has 0 heterocycles. The molecule has 1 aliphatic carbocycles. The number of amides is 2. The largest absolute Gasteiger partial charge is 0.352 e. The van der Waals surface area contributed by atoms with Crippen molar-refractivity contribution in [3.8, 4) is 0 Å². The van der Waals surface area contributed by atoms with Gasteiger partial charge in [0.25, 0.3) is 0 Å². The van der Waals surface area contributed by atoms with Crippen LogP contribution in [0.25, 0.3) is 0 Å². The molecule has 0 bridgehead atoms. The third-order valence-corrected chi connectivity index (χ3v) is 7.18. The zero-order chi connectivity index (χ0) is 25.5. The van der Waals surface area contributed by atoms with Gasteiger partial charge in [-0.3, -0.25) is 9.59 Å². The van der Waals surface area contributed by atoms with Crippen molar-refractivity contribution in [2.75, 3.05) is 0 Å². The lowest BCUT2D eigenvalue weighted by Crippen LogP contribution is -2.52. The smallest absolute Gasteiger partial charge is 0.243 e. The Morgan fingerprint density at radius 2 is 1.64 bits per heavy atom. The number of halogens is 3. The molecule has 3 aromatic rings. The second kappa shape index (κ2) is 12.4. The molecule has 36 heavy (non-hydrogen) atoms. The van der Waals surface area contributed by atoms with Gasteiger partial charge in [-0.25, -0.2) is 4.39 Å². The topological polar surface area (TPSA) is 49.4 Å². The fraction of sp³-hybridized carbons (Fsp3) is 0.310. The number of nitrogens with zero attached hydrogens (tertiary/aromatic N) is 1. The van der Waals surface area contributed by atoms with Crippen LogP contribution in [0.15, 0.2) is 72.8 Å². The SMILES string of the molecule is O=C(NC1CCCC1)[C@H](Cc1ccccc1)N(Cc1ccc(F)cc1)C(=O)Cc1ccc(Cl)cc1Cl. The molecule has 1 N–H and O–H groups in total. The Morgan fingerprint density at radius 1 is 0.944 bits per heavy atom. The van der Waals surface area contributed by atoms with E-state index in [0.29, 0.717) is 22.0 Å². The van der Waals surface area contributed by atoms with Crippen molar-refractivity contribution in [3.05, 3.63) is 105 Å². The molecule has 4 nitrogen and oxygen atoms in total. The fourth-order valence-corrected chi connectivity index (χ4v) is 5.11.